The van der Waals surface area contributed by atoms with Gasteiger partial charge in [0, 0.05) is 37.0 Å². The quantitative estimate of drug-likeness (QED) is 0.669. The molecule has 4 heteroatoms. The summed E-state index contributed by atoms with van der Waals surface area (Å²) in [6.07, 6.45) is 5.57. The molecular formula is C22H21N3O. The molecule has 1 fully saturated rings. The smallest absolute Gasteiger partial charge is 0.212 e. The number of piperidine rings is 1. The Morgan fingerprint density at radius 2 is 1.88 bits per heavy atom. The zero-order valence-corrected chi connectivity index (χ0v) is 14.6. The maximum Gasteiger partial charge on any atom is 0.212 e. The second-order valence-corrected chi connectivity index (χ2v) is 6.65. The molecule has 4 nitrogen and oxygen atoms in total. The normalized spacial score (nSPS) is 17.1. The first-order valence-electron chi connectivity index (χ1n) is 9.03. The molecule has 26 heavy (non-hydrogen) atoms. The first kappa shape index (κ1) is 16.5. The van der Waals surface area contributed by atoms with Gasteiger partial charge in [0.25, 0.3) is 0 Å². The number of carbonyl (C=O) groups is 1. The highest BCUT2D eigenvalue weighted by Gasteiger charge is 2.23. The summed E-state index contributed by atoms with van der Waals surface area (Å²) in [5.74, 6) is 1.29. The minimum atomic E-state index is -0.0865. The van der Waals surface area contributed by atoms with Crippen molar-refractivity contribution >= 4 is 11.6 Å². The summed E-state index contributed by atoms with van der Waals surface area (Å²) in [4.78, 5) is 23.6. The number of rotatable bonds is 4. The van der Waals surface area contributed by atoms with Crippen molar-refractivity contribution in [2.75, 3.05) is 18.0 Å². The Hall–Kier alpha value is -3.01. The van der Waals surface area contributed by atoms with Crippen LogP contribution in [0, 0.1) is 0 Å². The van der Waals surface area contributed by atoms with Crippen LogP contribution in [0.2, 0.25) is 0 Å². The van der Waals surface area contributed by atoms with Crippen LogP contribution in [0.1, 0.15) is 40.4 Å². The maximum absolute atomic E-state index is 12.6. The minimum absolute atomic E-state index is 0.0865. The third kappa shape index (κ3) is 3.49. The third-order valence-corrected chi connectivity index (χ3v) is 4.91. The number of anilines is 1. The molecule has 0 unspecified atom stereocenters. The fraction of sp³-hybridized carbons (Fsp3) is 0.227. The Labute approximate surface area is 153 Å². The Bertz CT molecular complexity index is 880. The highest BCUT2D eigenvalue weighted by Crippen LogP contribution is 2.29. The van der Waals surface area contributed by atoms with E-state index in [2.05, 4.69) is 45.2 Å². The van der Waals surface area contributed by atoms with Crippen LogP contribution < -0.4 is 4.90 Å². The Morgan fingerprint density at radius 3 is 2.69 bits per heavy atom. The predicted molar refractivity (Wildman–Crippen MR) is 103 cm³/mol. The van der Waals surface area contributed by atoms with Crippen LogP contribution in [0.5, 0.6) is 0 Å². The molecule has 1 saturated heterocycles. The average Bonchev–Trinajstić information content (AvgIpc) is 2.75. The van der Waals surface area contributed by atoms with E-state index < -0.39 is 0 Å². The summed E-state index contributed by atoms with van der Waals surface area (Å²) in [5.41, 5.74) is 2.41. The van der Waals surface area contributed by atoms with Crippen LogP contribution in [0.4, 0.5) is 5.82 Å². The lowest BCUT2D eigenvalue weighted by Crippen LogP contribution is -2.35. The average molecular weight is 343 g/mol. The second kappa shape index (κ2) is 7.48. The number of pyridine rings is 2. The van der Waals surface area contributed by atoms with E-state index in [4.69, 9.17) is 0 Å². The minimum Gasteiger partial charge on any atom is -0.356 e. The van der Waals surface area contributed by atoms with Gasteiger partial charge in [0.2, 0.25) is 5.78 Å². The second-order valence-electron chi connectivity index (χ2n) is 6.65. The van der Waals surface area contributed by atoms with E-state index in [0.29, 0.717) is 17.2 Å². The van der Waals surface area contributed by atoms with Crippen LogP contribution >= 0.6 is 0 Å². The van der Waals surface area contributed by atoms with Gasteiger partial charge in [-0.1, -0.05) is 36.4 Å². The Morgan fingerprint density at radius 1 is 1.00 bits per heavy atom. The summed E-state index contributed by atoms with van der Waals surface area (Å²) < 4.78 is 0. The first-order valence-corrected chi connectivity index (χ1v) is 9.03. The van der Waals surface area contributed by atoms with Gasteiger partial charge in [-0.15, -0.1) is 0 Å². The molecule has 2 aromatic heterocycles. The van der Waals surface area contributed by atoms with Crippen LogP contribution in [0.3, 0.4) is 0 Å². The van der Waals surface area contributed by atoms with Gasteiger partial charge in [-0.05, 0) is 42.7 Å². The van der Waals surface area contributed by atoms with Crippen LogP contribution in [0.15, 0.2) is 73.1 Å². The molecular weight excluding hydrogens is 322 g/mol. The summed E-state index contributed by atoms with van der Waals surface area (Å²) in [6, 6.07) is 19.9. The van der Waals surface area contributed by atoms with Crippen molar-refractivity contribution in [2.45, 2.75) is 18.8 Å². The first-order chi connectivity index (χ1) is 12.8. The van der Waals surface area contributed by atoms with E-state index in [1.165, 1.54) is 12.0 Å². The van der Waals surface area contributed by atoms with E-state index in [1.54, 1.807) is 30.6 Å². The van der Waals surface area contributed by atoms with Gasteiger partial charge in [0.1, 0.15) is 11.5 Å². The van der Waals surface area contributed by atoms with Gasteiger partial charge in [0.05, 0.1) is 0 Å². The number of nitrogens with zero attached hydrogens (tertiary/aromatic N) is 3. The molecule has 0 amide bonds. The van der Waals surface area contributed by atoms with Gasteiger partial charge >= 0.3 is 0 Å². The van der Waals surface area contributed by atoms with Crippen molar-refractivity contribution < 1.29 is 4.79 Å². The molecule has 0 aliphatic carbocycles. The summed E-state index contributed by atoms with van der Waals surface area (Å²) in [5, 5.41) is 0. The van der Waals surface area contributed by atoms with Gasteiger partial charge in [-0.3, -0.25) is 9.78 Å². The van der Waals surface area contributed by atoms with Crippen molar-refractivity contribution in [2.24, 2.45) is 0 Å². The van der Waals surface area contributed by atoms with Gasteiger partial charge < -0.3 is 4.90 Å². The van der Waals surface area contributed by atoms with Gasteiger partial charge in [-0.2, -0.15) is 0 Å². The molecule has 0 radical (unpaired) electrons. The summed E-state index contributed by atoms with van der Waals surface area (Å²) >= 11 is 0. The lowest BCUT2D eigenvalue weighted by atomic mass is 9.91. The van der Waals surface area contributed by atoms with E-state index in [0.717, 1.165) is 25.3 Å². The molecule has 3 aromatic rings. The highest BCUT2D eigenvalue weighted by molar-refractivity contribution is 6.07. The largest absolute Gasteiger partial charge is 0.356 e. The fourth-order valence-electron chi connectivity index (χ4n) is 3.55. The Balaban J connectivity index is 1.55. The fourth-order valence-corrected chi connectivity index (χ4v) is 3.55. The number of hydrogen-bond donors (Lipinski definition) is 0. The SMILES string of the molecule is O=C(c1cccnc1)c1cccc(N2CCC[C@@H](c3ccccc3)C2)n1. The summed E-state index contributed by atoms with van der Waals surface area (Å²) in [6.45, 7) is 1.91. The van der Waals surface area contributed by atoms with E-state index in [1.807, 2.05) is 12.1 Å². The van der Waals surface area contributed by atoms with E-state index in [-0.39, 0.29) is 5.78 Å². The van der Waals surface area contributed by atoms with E-state index >= 15 is 0 Å². The molecule has 1 aromatic carbocycles. The number of ketones is 1. The molecule has 0 bridgehead atoms. The Kier molecular flexibility index (Phi) is 4.73. The molecule has 1 aliphatic heterocycles. The number of benzene rings is 1. The van der Waals surface area contributed by atoms with Crippen LogP contribution in [0.25, 0.3) is 0 Å². The molecule has 0 saturated carbocycles. The molecule has 0 N–H and O–H groups in total. The number of hydrogen-bond acceptors (Lipinski definition) is 4. The van der Waals surface area contributed by atoms with Crippen molar-refractivity contribution in [1.29, 1.82) is 0 Å². The lowest BCUT2D eigenvalue weighted by molar-refractivity contribution is 0.103. The van der Waals surface area contributed by atoms with Crippen LogP contribution in [-0.4, -0.2) is 28.8 Å². The molecule has 1 aliphatic rings. The van der Waals surface area contributed by atoms with Crippen LogP contribution in [-0.2, 0) is 0 Å². The molecule has 4 rings (SSSR count). The van der Waals surface area contributed by atoms with Gasteiger partial charge in [0.15, 0.2) is 0 Å². The van der Waals surface area contributed by atoms with Crippen molar-refractivity contribution in [3.63, 3.8) is 0 Å². The maximum atomic E-state index is 12.6. The molecule has 0 spiro atoms. The number of carbonyl (C=O) groups excluding carboxylic acids is 1. The zero-order chi connectivity index (χ0) is 17.8. The van der Waals surface area contributed by atoms with E-state index in [9.17, 15) is 4.79 Å². The van der Waals surface area contributed by atoms with Crippen molar-refractivity contribution in [1.82, 2.24) is 9.97 Å². The number of aromatic nitrogens is 2. The monoisotopic (exact) mass is 343 g/mol. The lowest BCUT2D eigenvalue weighted by Gasteiger charge is -2.34. The molecule has 1 atom stereocenters. The summed E-state index contributed by atoms with van der Waals surface area (Å²) in [7, 11) is 0. The predicted octanol–water partition coefficient (Wildman–Crippen LogP) is 4.09. The van der Waals surface area contributed by atoms with Crippen molar-refractivity contribution in [3.05, 3.63) is 89.9 Å². The van der Waals surface area contributed by atoms with Gasteiger partial charge in [-0.25, -0.2) is 4.98 Å². The van der Waals surface area contributed by atoms with Crippen molar-refractivity contribution in [3.8, 4) is 0 Å². The standard InChI is InChI=1S/C22H21N3O/c26-22(18-9-5-13-23-15-18)20-11-4-12-21(24-20)25-14-6-10-19(16-25)17-7-2-1-3-8-17/h1-5,7-9,11-13,15,19H,6,10,14,16H2/t19-/m1/s1. The molecule has 130 valence electrons. The third-order valence-electron chi connectivity index (χ3n) is 4.91. The zero-order valence-electron chi connectivity index (χ0n) is 14.6. The topological polar surface area (TPSA) is 46.1 Å². The molecule has 3 heterocycles. The highest BCUT2D eigenvalue weighted by atomic mass is 16.1.